The molecule has 2 aromatic rings. The molecule has 0 bridgehead atoms. The molecule has 2 aromatic heterocycles. The van der Waals surface area contributed by atoms with Gasteiger partial charge in [-0.25, -0.2) is 9.78 Å². The van der Waals surface area contributed by atoms with E-state index in [1.165, 1.54) is 0 Å². The molecular weight excluding hydrogens is 351 g/mol. The number of nitrogens with zero attached hydrogens (tertiary/aromatic N) is 5. The van der Waals surface area contributed by atoms with Gasteiger partial charge in [-0.3, -0.25) is 15.0 Å². The summed E-state index contributed by atoms with van der Waals surface area (Å²) in [5.74, 6) is -1.29. The van der Waals surface area contributed by atoms with Crippen molar-refractivity contribution in [2.24, 2.45) is 0 Å². The molecule has 1 saturated heterocycles. The van der Waals surface area contributed by atoms with Gasteiger partial charge in [0.05, 0.1) is 6.54 Å². The first-order valence-corrected chi connectivity index (χ1v) is 8.04. The number of alkyl halides is 3. The van der Waals surface area contributed by atoms with Crippen molar-refractivity contribution in [3.8, 4) is 0 Å². The SMILES string of the molecule is O=C(NCc1nc(C(F)(F)F)n[nH]1)N1CCN(Cc2cccnc2)CC1. The third-order valence-electron chi connectivity index (χ3n) is 3.98. The van der Waals surface area contributed by atoms with E-state index in [1.807, 2.05) is 18.3 Å². The maximum atomic E-state index is 12.4. The predicted octanol–water partition coefficient (Wildman–Crippen LogP) is 1.25. The summed E-state index contributed by atoms with van der Waals surface area (Å²) in [6.07, 6.45) is -1.08. The molecule has 11 heteroatoms. The van der Waals surface area contributed by atoms with Gasteiger partial charge in [-0.05, 0) is 11.6 Å². The summed E-state index contributed by atoms with van der Waals surface area (Å²) in [6, 6.07) is 3.54. The number of pyridine rings is 1. The van der Waals surface area contributed by atoms with Gasteiger partial charge in [0.1, 0.15) is 5.82 Å². The largest absolute Gasteiger partial charge is 0.453 e. The van der Waals surface area contributed by atoms with Crippen molar-refractivity contribution < 1.29 is 18.0 Å². The highest BCUT2D eigenvalue weighted by molar-refractivity contribution is 5.74. The van der Waals surface area contributed by atoms with E-state index in [1.54, 1.807) is 11.1 Å². The van der Waals surface area contributed by atoms with Gasteiger partial charge in [-0.2, -0.15) is 13.2 Å². The zero-order valence-corrected chi connectivity index (χ0v) is 13.8. The number of aromatic nitrogens is 4. The summed E-state index contributed by atoms with van der Waals surface area (Å²) in [4.78, 5) is 23.4. The molecule has 0 atom stereocenters. The van der Waals surface area contributed by atoms with Gasteiger partial charge in [0, 0.05) is 45.1 Å². The fourth-order valence-electron chi connectivity index (χ4n) is 2.63. The molecule has 26 heavy (non-hydrogen) atoms. The molecule has 0 radical (unpaired) electrons. The smallest absolute Gasteiger partial charge is 0.331 e. The molecule has 1 aliphatic heterocycles. The van der Waals surface area contributed by atoms with Crippen LogP contribution in [0.2, 0.25) is 0 Å². The fourth-order valence-corrected chi connectivity index (χ4v) is 2.63. The number of carbonyl (C=O) groups is 1. The minimum Gasteiger partial charge on any atom is -0.331 e. The molecule has 3 rings (SSSR count). The number of hydrogen-bond donors (Lipinski definition) is 2. The van der Waals surface area contributed by atoms with Crippen molar-refractivity contribution in [2.45, 2.75) is 19.3 Å². The average Bonchev–Trinajstić information content (AvgIpc) is 3.11. The molecule has 0 aromatic carbocycles. The minimum atomic E-state index is -4.61. The van der Waals surface area contributed by atoms with Crippen LogP contribution in [0.4, 0.5) is 18.0 Å². The Labute approximate surface area is 147 Å². The molecule has 0 unspecified atom stereocenters. The molecule has 8 nitrogen and oxygen atoms in total. The van der Waals surface area contributed by atoms with E-state index in [-0.39, 0.29) is 18.4 Å². The number of aromatic amines is 1. The molecule has 2 amide bonds. The maximum absolute atomic E-state index is 12.4. The van der Waals surface area contributed by atoms with E-state index in [0.717, 1.165) is 12.1 Å². The van der Waals surface area contributed by atoms with Crippen molar-refractivity contribution in [3.05, 3.63) is 41.7 Å². The Morgan fingerprint density at radius 1 is 1.27 bits per heavy atom. The number of hydrogen-bond acceptors (Lipinski definition) is 5. The van der Waals surface area contributed by atoms with Gasteiger partial charge < -0.3 is 10.2 Å². The van der Waals surface area contributed by atoms with Gasteiger partial charge in [0.15, 0.2) is 0 Å². The number of piperazine rings is 1. The lowest BCUT2D eigenvalue weighted by molar-refractivity contribution is -0.144. The Kier molecular flexibility index (Phi) is 5.35. The summed E-state index contributed by atoms with van der Waals surface area (Å²) in [6.45, 7) is 3.12. The van der Waals surface area contributed by atoms with Crippen LogP contribution in [-0.2, 0) is 19.3 Å². The third kappa shape index (κ3) is 4.69. The van der Waals surface area contributed by atoms with Gasteiger partial charge in [-0.15, -0.1) is 5.10 Å². The van der Waals surface area contributed by atoms with Crippen LogP contribution in [0.5, 0.6) is 0 Å². The second kappa shape index (κ2) is 7.68. The molecule has 3 heterocycles. The maximum Gasteiger partial charge on any atom is 0.453 e. The van der Waals surface area contributed by atoms with E-state index in [9.17, 15) is 18.0 Å². The number of H-pyrrole nitrogens is 1. The van der Waals surface area contributed by atoms with Crippen LogP contribution in [0, 0.1) is 0 Å². The Hall–Kier alpha value is -2.69. The molecule has 140 valence electrons. The van der Waals surface area contributed by atoms with E-state index < -0.39 is 12.0 Å². The molecule has 1 fully saturated rings. The second-order valence-electron chi connectivity index (χ2n) is 5.89. The number of carbonyl (C=O) groups excluding carboxylic acids is 1. The molecule has 0 spiro atoms. The van der Waals surface area contributed by atoms with Gasteiger partial charge in [-0.1, -0.05) is 6.07 Å². The van der Waals surface area contributed by atoms with Gasteiger partial charge in [0.2, 0.25) is 0 Å². The number of halogens is 3. The molecule has 0 saturated carbocycles. The van der Waals surface area contributed by atoms with E-state index >= 15 is 0 Å². The number of rotatable bonds is 4. The highest BCUT2D eigenvalue weighted by atomic mass is 19.4. The third-order valence-corrected chi connectivity index (χ3v) is 3.98. The zero-order chi connectivity index (χ0) is 18.6. The standard InChI is InChI=1S/C15H18F3N7O/c16-15(17,18)13-21-12(22-23-13)9-20-14(26)25-6-4-24(5-7-25)10-11-2-1-3-19-8-11/h1-3,8H,4-7,9-10H2,(H,20,26)(H,21,22,23). The van der Waals surface area contributed by atoms with Crippen LogP contribution in [0.3, 0.4) is 0 Å². The molecular formula is C15H18F3N7O. The topological polar surface area (TPSA) is 90.0 Å². The number of nitrogens with one attached hydrogen (secondary N) is 2. The van der Waals surface area contributed by atoms with Crippen LogP contribution >= 0.6 is 0 Å². The summed E-state index contributed by atoms with van der Waals surface area (Å²) < 4.78 is 37.3. The quantitative estimate of drug-likeness (QED) is 0.847. The lowest BCUT2D eigenvalue weighted by atomic mass is 10.2. The number of amides is 2. The summed E-state index contributed by atoms with van der Waals surface area (Å²) in [5.41, 5.74) is 1.11. The van der Waals surface area contributed by atoms with E-state index in [2.05, 4.69) is 30.4 Å². The first kappa shape index (κ1) is 18.1. The van der Waals surface area contributed by atoms with Crippen LogP contribution in [-0.4, -0.2) is 62.2 Å². The Morgan fingerprint density at radius 2 is 2.04 bits per heavy atom. The highest BCUT2D eigenvalue weighted by Crippen LogP contribution is 2.25. The first-order valence-electron chi connectivity index (χ1n) is 8.04. The normalized spacial score (nSPS) is 15.9. The Morgan fingerprint density at radius 3 is 2.65 bits per heavy atom. The van der Waals surface area contributed by atoms with Crippen LogP contribution in [0.15, 0.2) is 24.5 Å². The van der Waals surface area contributed by atoms with Crippen LogP contribution < -0.4 is 5.32 Å². The fraction of sp³-hybridized carbons (Fsp3) is 0.467. The second-order valence-corrected chi connectivity index (χ2v) is 5.89. The van der Waals surface area contributed by atoms with Crippen molar-refractivity contribution in [1.29, 1.82) is 0 Å². The molecule has 0 aliphatic carbocycles. The molecule has 2 N–H and O–H groups in total. The zero-order valence-electron chi connectivity index (χ0n) is 13.8. The van der Waals surface area contributed by atoms with E-state index in [0.29, 0.717) is 26.2 Å². The van der Waals surface area contributed by atoms with Crippen LogP contribution in [0.1, 0.15) is 17.2 Å². The first-order chi connectivity index (χ1) is 12.4. The molecule has 1 aliphatic rings. The van der Waals surface area contributed by atoms with Crippen molar-refractivity contribution in [3.63, 3.8) is 0 Å². The summed E-state index contributed by atoms with van der Waals surface area (Å²) >= 11 is 0. The lowest BCUT2D eigenvalue weighted by Gasteiger charge is -2.34. The van der Waals surface area contributed by atoms with Gasteiger partial charge >= 0.3 is 12.2 Å². The van der Waals surface area contributed by atoms with Crippen LogP contribution in [0.25, 0.3) is 0 Å². The number of urea groups is 1. The highest BCUT2D eigenvalue weighted by Gasteiger charge is 2.36. The summed E-state index contributed by atoms with van der Waals surface area (Å²) in [5, 5.41) is 7.82. The lowest BCUT2D eigenvalue weighted by Crippen LogP contribution is -2.51. The summed E-state index contributed by atoms with van der Waals surface area (Å²) in [7, 11) is 0. The van der Waals surface area contributed by atoms with E-state index in [4.69, 9.17) is 0 Å². The Balaban J connectivity index is 1.43. The monoisotopic (exact) mass is 369 g/mol. The average molecular weight is 369 g/mol. The van der Waals surface area contributed by atoms with Crippen molar-refractivity contribution in [2.75, 3.05) is 26.2 Å². The Bertz CT molecular complexity index is 726. The minimum absolute atomic E-state index is 0.0408. The van der Waals surface area contributed by atoms with Crippen molar-refractivity contribution in [1.82, 2.24) is 35.3 Å². The predicted molar refractivity (Wildman–Crippen MR) is 84.7 cm³/mol. The van der Waals surface area contributed by atoms with Gasteiger partial charge in [0.25, 0.3) is 5.82 Å². The van der Waals surface area contributed by atoms with Crippen molar-refractivity contribution >= 4 is 6.03 Å².